The lowest BCUT2D eigenvalue weighted by molar-refractivity contribution is 0.0949. The molecule has 0 unspecified atom stereocenters. The van der Waals surface area contributed by atoms with Crippen LogP contribution in [-0.4, -0.2) is 33.8 Å². The highest BCUT2D eigenvalue weighted by Gasteiger charge is 2.27. The third-order valence-corrected chi connectivity index (χ3v) is 5.53. The van der Waals surface area contributed by atoms with Gasteiger partial charge in [-0.1, -0.05) is 23.8 Å². The maximum Gasteiger partial charge on any atom is 0.255 e. The van der Waals surface area contributed by atoms with Crippen molar-refractivity contribution >= 4 is 5.91 Å². The van der Waals surface area contributed by atoms with Gasteiger partial charge in [0.25, 0.3) is 5.91 Å². The van der Waals surface area contributed by atoms with Crippen LogP contribution in [0.1, 0.15) is 51.5 Å². The van der Waals surface area contributed by atoms with Gasteiger partial charge in [-0.2, -0.15) is 5.10 Å². The van der Waals surface area contributed by atoms with Crippen LogP contribution in [0.25, 0.3) is 5.69 Å². The molecule has 0 bridgehead atoms. The summed E-state index contributed by atoms with van der Waals surface area (Å²) in [5.74, 6) is 0.219. The number of hydrogen-bond acceptors (Lipinski definition) is 4. The van der Waals surface area contributed by atoms with Gasteiger partial charge in [0.2, 0.25) is 0 Å². The number of pyridine rings is 1. The fraction of sp³-hybridized carbons (Fsp3) is 0.348. The molecule has 3 aromatic rings. The smallest absolute Gasteiger partial charge is 0.255 e. The Hall–Kier alpha value is -2.99. The van der Waals surface area contributed by atoms with E-state index in [2.05, 4.69) is 52.8 Å². The summed E-state index contributed by atoms with van der Waals surface area (Å²) in [6.07, 6.45) is 7.22. The average molecular weight is 390 g/mol. The second-order valence-corrected chi connectivity index (χ2v) is 7.71. The van der Waals surface area contributed by atoms with Crippen LogP contribution in [0.2, 0.25) is 0 Å². The highest BCUT2D eigenvalue weighted by atomic mass is 16.1. The van der Waals surface area contributed by atoms with Crippen molar-refractivity contribution in [2.75, 3.05) is 13.1 Å². The molecule has 6 heteroatoms. The van der Waals surface area contributed by atoms with E-state index in [-0.39, 0.29) is 5.91 Å². The lowest BCUT2D eigenvalue weighted by Gasteiger charge is -2.25. The predicted octanol–water partition coefficient (Wildman–Crippen LogP) is 3.28. The SMILES string of the molecule is Cc1ccc(-n2ncc(C(=O)NCc3cccnc3)c2C2CCNCC2)c(C)c1. The average Bonchev–Trinajstić information content (AvgIpc) is 3.18. The van der Waals surface area contributed by atoms with Gasteiger partial charge in [-0.05, 0) is 63.0 Å². The van der Waals surface area contributed by atoms with Crippen LogP contribution >= 0.6 is 0 Å². The highest BCUT2D eigenvalue weighted by Crippen LogP contribution is 2.31. The van der Waals surface area contributed by atoms with E-state index in [1.54, 1.807) is 18.6 Å². The Kier molecular flexibility index (Phi) is 5.71. The van der Waals surface area contributed by atoms with Crippen molar-refractivity contribution in [2.45, 2.75) is 39.2 Å². The van der Waals surface area contributed by atoms with Crippen molar-refractivity contribution in [1.82, 2.24) is 25.4 Å². The van der Waals surface area contributed by atoms with E-state index in [1.807, 2.05) is 16.8 Å². The molecule has 2 aromatic heterocycles. The molecular formula is C23H27N5O. The summed E-state index contributed by atoms with van der Waals surface area (Å²) in [5.41, 5.74) is 6.08. The molecule has 1 saturated heterocycles. The maximum atomic E-state index is 13.1. The fourth-order valence-electron chi connectivity index (χ4n) is 4.04. The van der Waals surface area contributed by atoms with Crippen LogP contribution < -0.4 is 10.6 Å². The first-order chi connectivity index (χ1) is 14.1. The molecule has 2 N–H and O–H groups in total. The van der Waals surface area contributed by atoms with Crippen molar-refractivity contribution in [2.24, 2.45) is 0 Å². The minimum absolute atomic E-state index is 0.0848. The molecule has 4 rings (SSSR count). The zero-order chi connectivity index (χ0) is 20.2. The Bertz CT molecular complexity index is 990. The zero-order valence-electron chi connectivity index (χ0n) is 17.0. The lowest BCUT2D eigenvalue weighted by Crippen LogP contribution is -2.30. The minimum Gasteiger partial charge on any atom is -0.348 e. The standard InChI is InChI=1S/C23H27N5O/c1-16-5-6-21(17(2)12-16)28-22(19-7-10-24-11-8-19)20(15-27-28)23(29)26-14-18-4-3-9-25-13-18/h3-6,9,12-13,15,19,24H,7-8,10-11,14H2,1-2H3,(H,26,29). The molecule has 29 heavy (non-hydrogen) atoms. The lowest BCUT2D eigenvalue weighted by atomic mass is 9.91. The van der Waals surface area contributed by atoms with Crippen LogP contribution in [0.4, 0.5) is 0 Å². The van der Waals surface area contributed by atoms with Crippen molar-refractivity contribution in [3.8, 4) is 5.69 Å². The van der Waals surface area contributed by atoms with E-state index in [0.29, 0.717) is 18.0 Å². The topological polar surface area (TPSA) is 71.8 Å². The number of carbonyl (C=O) groups is 1. The molecule has 1 aromatic carbocycles. The third kappa shape index (κ3) is 4.22. The molecule has 0 radical (unpaired) electrons. The van der Waals surface area contributed by atoms with Crippen LogP contribution in [-0.2, 0) is 6.54 Å². The van der Waals surface area contributed by atoms with Crippen molar-refractivity contribution in [3.63, 3.8) is 0 Å². The Morgan fingerprint density at radius 3 is 2.76 bits per heavy atom. The van der Waals surface area contributed by atoms with Crippen molar-refractivity contribution < 1.29 is 4.79 Å². The van der Waals surface area contributed by atoms with Crippen LogP contribution in [0, 0.1) is 13.8 Å². The van der Waals surface area contributed by atoms with Crippen LogP contribution in [0.15, 0.2) is 48.9 Å². The van der Waals surface area contributed by atoms with E-state index in [9.17, 15) is 4.79 Å². The van der Waals surface area contributed by atoms with Gasteiger partial charge in [-0.25, -0.2) is 4.68 Å². The first kappa shape index (κ1) is 19.3. The van der Waals surface area contributed by atoms with Crippen molar-refractivity contribution in [3.05, 3.63) is 76.9 Å². The van der Waals surface area contributed by atoms with Crippen LogP contribution in [0.5, 0.6) is 0 Å². The highest BCUT2D eigenvalue weighted by molar-refractivity contribution is 5.95. The summed E-state index contributed by atoms with van der Waals surface area (Å²) in [6, 6.07) is 10.2. The van der Waals surface area contributed by atoms with Gasteiger partial charge < -0.3 is 10.6 Å². The first-order valence-corrected chi connectivity index (χ1v) is 10.2. The van der Waals surface area contributed by atoms with E-state index in [4.69, 9.17) is 0 Å². The summed E-state index contributed by atoms with van der Waals surface area (Å²) >= 11 is 0. The quantitative estimate of drug-likeness (QED) is 0.702. The normalized spacial score (nSPS) is 14.7. The number of rotatable bonds is 5. The predicted molar refractivity (Wildman–Crippen MR) is 113 cm³/mol. The number of piperidine rings is 1. The van der Waals surface area contributed by atoms with Gasteiger partial charge in [0, 0.05) is 24.9 Å². The Morgan fingerprint density at radius 1 is 1.21 bits per heavy atom. The number of nitrogens with zero attached hydrogens (tertiary/aromatic N) is 3. The Labute approximate surface area is 171 Å². The summed E-state index contributed by atoms with van der Waals surface area (Å²) in [6.45, 7) is 6.55. The first-order valence-electron chi connectivity index (χ1n) is 10.2. The van der Waals surface area contributed by atoms with E-state index < -0.39 is 0 Å². The van der Waals surface area contributed by atoms with Gasteiger partial charge in [-0.15, -0.1) is 0 Å². The van der Waals surface area contributed by atoms with E-state index in [1.165, 1.54) is 5.56 Å². The van der Waals surface area contributed by atoms with Gasteiger partial charge in [-0.3, -0.25) is 9.78 Å². The number of hydrogen-bond donors (Lipinski definition) is 2. The Morgan fingerprint density at radius 2 is 2.03 bits per heavy atom. The summed E-state index contributed by atoms with van der Waals surface area (Å²) in [4.78, 5) is 17.2. The maximum absolute atomic E-state index is 13.1. The number of aromatic nitrogens is 3. The molecule has 6 nitrogen and oxygen atoms in total. The van der Waals surface area contributed by atoms with E-state index >= 15 is 0 Å². The molecule has 1 fully saturated rings. The van der Waals surface area contributed by atoms with Crippen molar-refractivity contribution in [1.29, 1.82) is 0 Å². The third-order valence-electron chi connectivity index (χ3n) is 5.53. The molecule has 0 saturated carbocycles. The summed E-state index contributed by atoms with van der Waals surface area (Å²) in [7, 11) is 0. The molecule has 3 heterocycles. The number of amides is 1. The van der Waals surface area contributed by atoms with Gasteiger partial charge >= 0.3 is 0 Å². The molecular weight excluding hydrogens is 362 g/mol. The fourth-order valence-corrected chi connectivity index (χ4v) is 4.04. The largest absolute Gasteiger partial charge is 0.348 e. The summed E-state index contributed by atoms with van der Waals surface area (Å²) < 4.78 is 1.98. The Balaban J connectivity index is 1.67. The molecule has 1 aliphatic heterocycles. The zero-order valence-corrected chi connectivity index (χ0v) is 17.0. The second kappa shape index (κ2) is 8.57. The summed E-state index contributed by atoms with van der Waals surface area (Å²) in [5, 5.41) is 11.1. The van der Waals surface area contributed by atoms with Gasteiger partial charge in [0.15, 0.2) is 0 Å². The molecule has 1 aliphatic rings. The molecule has 0 aliphatic carbocycles. The van der Waals surface area contributed by atoms with Gasteiger partial charge in [0.05, 0.1) is 23.1 Å². The number of carbonyl (C=O) groups excluding carboxylic acids is 1. The minimum atomic E-state index is -0.0848. The van der Waals surface area contributed by atoms with Crippen LogP contribution in [0.3, 0.4) is 0 Å². The number of nitrogens with one attached hydrogen (secondary N) is 2. The second-order valence-electron chi connectivity index (χ2n) is 7.71. The van der Waals surface area contributed by atoms with E-state index in [0.717, 1.165) is 48.4 Å². The van der Waals surface area contributed by atoms with Gasteiger partial charge in [0.1, 0.15) is 0 Å². The molecule has 150 valence electrons. The number of aryl methyl sites for hydroxylation is 2. The molecule has 1 amide bonds. The number of benzene rings is 1. The molecule has 0 atom stereocenters. The monoisotopic (exact) mass is 389 g/mol. The molecule has 0 spiro atoms.